The summed E-state index contributed by atoms with van der Waals surface area (Å²) >= 11 is 0. The summed E-state index contributed by atoms with van der Waals surface area (Å²) in [5, 5.41) is 5.48. The number of benzene rings is 3. The molecule has 3 heterocycles. The molecule has 0 radical (unpaired) electrons. The quantitative estimate of drug-likeness (QED) is 0.279. The molecule has 1 amide bonds. The fourth-order valence-electron chi connectivity index (χ4n) is 5.12. The van der Waals surface area contributed by atoms with E-state index in [9.17, 15) is 9.59 Å². The summed E-state index contributed by atoms with van der Waals surface area (Å²) in [6.07, 6.45) is 1.71. The number of hydrogen-bond donors (Lipinski definition) is 1. The zero-order valence-corrected chi connectivity index (χ0v) is 22.2. The second kappa shape index (κ2) is 9.81. The summed E-state index contributed by atoms with van der Waals surface area (Å²) in [4.78, 5) is 31.1. The van der Waals surface area contributed by atoms with Crippen LogP contribution in [-0.4, -0.2) is 50.3 Å². The molecule has 0 aliphatic carbocycles. The van der Waals surface area contributed by atoms with Crippen LogP contribution in [0.25, 0.3) is 38.1 Å². The number of amides is 1. The maximum atomic E-state index is 13.9. The lowest BCUT2D eigenvalue weighted by Gasteiger charge is -2.12. The number of methoxy groups -OCH3 is 4. The standard InChI is InChI=1S/C30H25N3O7/c1-36-18-11-16(12-19(13-18)37-2)32-25(34)15-40-17-5-7-23-22(14-17)20-9-10-31-27-21-6-8-24(38-3)29(39-4)26(21)30(35)33(23)28(20)27/h5-14H,15H2,1-4H3,(H,32,34). The lowest BCUT2D eigenvalue weighted by Crippen LogP contribution is -2.20. The monoisotopic (exact) mass is 539 g/mol. The van der Waals surface area contributed by atoms with Crippen molar-refractivity contribution in [1.82, 2.24) is 9.38 Å². The predicted molar refractivity (Wildman–Crippen MR) is 152 cm³/mol. The fourth-order valence-corrected chi connectivity index (χ4v) is 5.12. The topological polar surface area (TPSA) is 110 Å². The molecule has 1 N–H and O–H groups in total. The highest BCUT2D eigenvalue weighted by Gasteiger charge is 2.22. The summed E-state index contributed by atoms with van der Waals surface area (Å²) in [6, 6.07) is 15.9. The first-order valence-corrected chi connectivity index (χ1v) is 12.4. The summed E-state index contributed by atoms with van der Waals surface area (Å²) in [6.45, 7) is -0.224. The van der Waals surface area contributed by atoms with Gasteiger partial charge in [0.2, 0.25) is 0 Å². The van der Waals surface area contributed by atoms with Crippen LogP contribution in [0.5, 0.6) is 28.7 Å². The van der Waals surface area contributed by atoms with Gasteiger partial charge in [0, 0.05) is 46.2 Å². The molecule has 0 aliphatic heterocycles. The van der Waals surface area contributed by atoms with Crippen molar-refractivity contribution < 1.29 is 28.5 Å². The number of nitrogens with one attached hydrogen (secondary N) is 1. The van der Waals surface area contributed by atoms with E-state index in [1.54, 1.807) is 47.0 Å². The molecule has 3 aromatic heterocycles. The minimum Gasteiger partial charge on any atom is -0.497 e. The van der Waals surface area contributed by atoms with Crippen LogP contribution in [0.4, 0.5) is 5.69 Å². The van der Waals surface area contributed by atoms with Gasteiger partial charge in [-0.25, -0.2) is 0 Å². The van der Waals surface area contributed by atoms with E-state index in [2.05, 4.69) is 10.3 Å². The zero-order chi connectivity index (χ0) is 28.0. The van der Waals surface area contributed by atoms with E-state index in [0.717, 1.165) is 10.8 Å². The van der Waals surface area contributed by atoms with Gasteiger partial charge in [0.25, 0.3) is 11.5 Å². The van der Waals surface area contributed by atoms with Crippen molar-refractivity contribution in [2.45, 2.75) is 0 Å². The van der Waals surface area contributed by atoms with Crippen LogP contribution < -0.4 is 34.6 Å². The SMILES string of the molecule is COc1cc(NC(=O)COc2ccc3c(c2)c2ccnc4c5ccc(OC)c(OC)c5c(=O)n3c24)cc(OC)c1. The Morgan fingerprint density at radius 1 is 0.825 bits per heavy atom. The zero-order valence-electron chi connectivity index (χ0n) is 22.2. The molecule has 202 valence electrons. The third-order valence-corrected chi connectivity index (χ3v) is 6.87. The lowest BCUT2D eigenvalue weighted by molar-refractivity contribution is -0.118. The molecule has 3 aromatic carbocycles. The van der Waals surface area contributed by atoms with Gasteiger partial charge < -0.3 is 29.0 Å². The van der Waals surface area contributed by atoms with Crippen molar-refractivity contribution in [1.29, 1.82) is 0 Å². The summed E-state index contributed by atoms with van der Waals surface area (Å²) < 4.78 is 29.0. The largest absolute Gasteiger partial charge is 0.497 e. The average Bonchev–Trinajstić information content (AvgIpc) is 3.32. The van der Waals surface area contributed by atoms with Gasteiger partial charge >= 0.3 is 0 Å². The first-order valence-electron chi connectivity index (χ1n) is 12.4. The van der Waals surface area contributed by atoms with E-state index in [1.807, 2.05) is 18.2 Å². The molecule has 0 atom stereocenters. The Labute approximate surface area is 227 Å². The first kappa shape index (κ1) is 25.1. The number of ether oxygens (including phenoxy) is 5. The summed E-state index contributed by atoms with van der Waals surface area (Å²) in [5.41, 5.74) is 2.33. The number of pyridine rings is 2. The molecular weight excluding hydrogens is 514 g/mol. The van der Waals surface area contributed by atoms with Crippen LogP contribution >= 0.6 is 0 Å². The Kier molecular flexibility index (Phi) is 6.14. The first-order chi connectivity index (χ1) is 19.5. The molecule has 0 fully saturated rings. The molecule has 0 spiro atoms. The Balaban J connectivity index is 1.39. The summed E-state index contributed by atoms with van der Waals surface area (Å²) in [7, 11) is 6.11. The van der Waals surface area contributed by atoms with Crippen molar-refractivity contribution in [3.8, 4) is 28.7 Å². The fraction of sp³-hybridized carbons (Fsp3) is 0.167. The van der Waals surface area contributed by atoms with Gasteiger partial charge in [0.1, 0.15) is 17.2 Å². The van der Waals surface area contributed by atoms with Gasteiger partial charge in [-0.05, 0) is 36.4 Å². The Hall–Kier alpha value is -5.25. The smallest absolute Gasteiger partial charge is 0.267 e. The van der Waals surface area contributed by atoms with Crippen LogP contribution in [-0.2, 0) is 4.79 Å². The van der Waals surface area contributed by atoms with Crippen molar-refractivity contribution >= 4 is 49.7 Å². The van der Waals surface area contributed by atoms with Gasteiger partial charge in [-0.3, -0.25) is 19.0 Å². The van der Waals surface area contributed by atoms with E-state index in [-0.39, 0.29) is 18.1 Å². The molecule has 10 nitrogen and oxygen atoms in total. The Morgan fingerprint density at radius 2 is 1.60 bits per heavy atom. The van der Waals surface area contributed by atoms with E-state index in [4.69, 9.17) is 23.7 Å². The van der Waals surface area contributed by atoms with Crippen molar-refractivity contribution in [2.24, 2.45) is 0 Å². The maximum Gasteiger partial charge on any atom is 0.267 e. The number of anilines is 1. The molecule has 0 bridgehead atoms. The number of fused-ring (bicyclic) bond motifs is 5. The number of aromatic nitrogens is 2. The molecule has 40 heavy (non-hydrogen) atoms. The number of carbonyl (C=O) groups is 1. The van der Waals surface area contributed by atoms with Gasteiger partial charge in [-0.15, -0.1) is 0 Å². The van der Waals surface area contributed by atoms with Crippen molar-refractivity contribution in [3.63, 3.8) is 0 Å². The molecule has 0 saturated carbocycles. The molecule has 0 unspecified atom stereocenters. The Morgan fingerprint density at radius 3 is 2.30 bits per heavy atom. The maximum absolute atomic E-state index is 13.9. The van der Waals surface area contributed by atoms with Crippen LogP contribution in [0.15, 0.2) is 65.6 Å². The van der Waals surface area contributed by atoms with E-state index >= 15 is 0 Å². The van der Waals surface area contributed by atoms with Gasteiger partial charge in [-0.1, -0.05) is 0 Å². The van der Waals surface area contributed by atoms with E-state index < -0.39 is 0 Å². The normalized spacial score (nSPS) is 11.3. The lowest BCUT2D eigenvalue weighted by atomic mass is 10.1. The Bertz CT molecular complexity index is 1960. The molecular formula is C30H25N3O7. The highest BCUT2D eigenvalue weighted by atomic mass is 16.5. The second-order valence-corrected chi connectivity index (χ2v) is 9.04. The van der Waals surface area contributed by atoms with Crippen LogP contribution in [0.3, 0.4) is 0 Å². The highest BCUT2D eigenvalue weighted by Crippen LogP contribution is 2.39. The van der Waals surface area contributed by atoms with E-state index in [1.165, 1.54) is 28.4 Å². The number of hydrogen-bond acceptors (Lipinski definition) is 8. The second-order valence-electron chi connectivity index (χ2n) is 9.04. The minimum atomic E-state index is -0.353. The van der Waals surface area contributed by atoms with Crippen LogP contribution in [0.1, 0.15) is 0 Å². The predicted octanol–water partition coefficient (Wildman–Crippen LogP) is 4.64. The van der Waals surface area contributed by atoms with Gasteiger partial charge in [-0.2, -0.15) is 0 Å². The van der Waals surface area contributed by atoms with Gasteiger partial charge in [0.15, 0.2) is 18.1 Å². The molecule has 0 saturated heterocycles. The molecule has 10 heteroatoms. The minimum absolute atomic E-state index is 0.224. The van der Waals surface area contributed by atoms with Crippen LogP contribution in [0, 0.1) is 0 Å². The van der Waals surface area contributed by atoms with Crippen molar-refractivity contribution in [2.75, 3.05) is 40.4 Å². The average molecular weight is 540 g/mol. The van der Waals surface area contributed by atoms with Crippen molar-refractivity contribution in [3.05, 3.63) is 71.1 Å². The highest BCUT2D eigenvalue weighted by molar-refractivity contribution is 6.19. The third-order valence-electron chi connectivity index (χ3n) is 6.87. The number of carbonyl (C=O) groups excluding carboxylic acids is 1. The van der Waals surface area contributed by atoms with Crippen LogP contribution in [0.2, 0.25) is 0 Å². The molecule has 6 aromatic rings. The number of rotatable bonds is 8. The molecule has 0 aliphatic rings. The summed E-state index contributed by atoms with van der Waals surface area (Å²) in [5.74, 6) is 2.05. The molecule has 6 rings (SSSR count). The number of nitrogens with zero attached hydrogens (tertiary/aromatic N) is 2. The van der Waals surface area contributed by atoms with E-state index in [0.29, 0.717) is 61.8 Å². The third kappa shape index (κ3) is 3.92. The van der Waals surface area contributed by atoms with Gasteiger partial charge in [0.05, 0.1) is 50.4 Å².